The normalized spacial score (nSPS) is 22.2. The molecule has 2 aliphatic rings. The largest absolute Gasteiger partial charge is 0.486 e. The number of benzene rings is 2. The maximum atomic E-state index is 12.5. The molecule has 5 nitrogen and oxygen atoms in total. The average molecular weight is 352 g/mol. The summed E-state index contributed by atoms with van der Waals surface area (Å²) >= 11 is 0. The van der Waals surface area contributed by atoms with Crippen molar-refractivity contribution < 1.29 is 14.3 Å². The maximum absolute atomic E-state index is 12.5. The van der Waals surface area contributed by atoms with Crippen LogP contribution in [0.15, 0.2) is 54.6 Å². The summed E-state index contributed by atoms with van der Waals surface area (Å²) in [5.74, 6) is 1.67. The molecule has 0 aliphatic carbocycles. The maximum Gasteiger partial charge on any atom is 0.224 e. The van der Waals surface area contributed by atoms with Gasteiger partial charge in [-0.15, -0.1) is 0 Å². The number of carbonyl (C=O) groups excluding carboxylic acids is 1. The zero-order valence-corrected chi connectivity index (χ0v) is 14.8. The van der Waals surface area contributed by atoms with E-state index < -0.39 is 0 Å². The summed E-state index contributed by atoms with van der Waals surface area (Å²) in [6.45, 7) is 3.61. The molecule has 2 aromatic carbocycles. The van der Waals surface area contributed by atoms with Crippen LogP contribution in [0.5, 0.6) is 11.5 Å². The summed E-state index contributed by atoms with van der Waals surface area (Å²) in [5, 5.41) is 3.04. The van der Waals surface area contributed by atoms with Crippen LogP contribution in [-0.4, -0.2) is 43.2 Å². The van der Waals surface area contributed by atoms with E-state index in [0.717, 1.165) is 37.6 Å². The van der Waals surface area contributed by atoms with Crippen LogP contribution < -0.4 is 14.8 Å². The third-order valence-corrected chi connectivity index (χ3v) is 4.96. The molecule has 26 heavy (non-hydrogen) atoms. The molecule has 1 amide bonds. The molecule has 4 rings (SSSR count). The number of likely N-dealkylation sites (tertiary alicyclic amines) is 1. The van der Waals surface area contributed by atoms with Gasteiger partial charge in [0.05, 0.1) is 12.5 Å². The van der Waals surface area contributed by atoms with E-state index in [1.165, 1.54) is 5.56 Å². The second kappa shape index (κ2) is 7.79. The van der Waals surface area contributed by atoms with Crippen molar-refractivity contribution in [3.8, 4) is 11.5 Å². The lowest BCUT2D eigenvalue weighted by Crippen LogP contribution is -2.43. The number of rotatable bonds is 5. The number of para-hydroxylation sites is 2. The van der Waals surface area contributed by atoms with Crippen LogP contribution in [0.4, 0.5) is 0 Å². The lowest BCUT2D eigenvalue weighted by molar-refractivity contribution is -0.125. The Balaban J connectivity index is 1.23. The predicted molar refractivity (Wildman–Crippen MR) is 99.2 cm³/mol. The van der Waals surface area contributed by atoms with E-state index in [4.69, 9.17) is 9.47 Å². The van der Waals surface area contributed by atoms with Gasteiger partial charge in [0.1, 0.15) is 12.7 Å². The van der Waals surface area contributed by atoms with Crippen molar-refractivity contribution >= 4 is 5.91 Å². The fourth-order valence-corrected chi connectivity index (χ4v) is 3.55. The van der Waals surface area contributed by atoms with Gasteiger partial charge in [-0.1, -0.05) is 42.5 Å². The Morgan fingerprint density at radius 3 is 2.69 bits per heavy atom. The number of carbonyl (C=O) groups is 1. The van der Waals surface area contributed by atoms with E-state index in [9.17, 15) is 4.79 Å². The predicted octanol–water partition coefficient (Wildman–Crippen LogP) is 2.46. The van der Waals surface area contributed by atoms with Gasteiger partial charge < -0.3 is 14.8 Å². The van der Waals surface area contributed by atoms with Crippen molar-refractivity contribution in [1.82, 2.24) is 10.2 Å². The quantitative estimate of drug-likeness (QED) is 0.898. The van der Waals surface area contributed by atoms with Gasteiger partial charge >= 0.3 is 0 Å². The van der Waals surface area contributed by atoms with Crippen LogP contribution in [0.2, 0.25) is 0 Å². The fraction of sp³-hybridized carbons (Fsp3) is 0.381. The molecule has 136 valence electrons. The molecular formula is C21H24N2O3. The number of hydrogen-bond acceptors (Lipinski definition) is 4. The minimum absolute atomic E-state index is 0.0514. The molecule has 1 fully saturated rings. The van der Waals surface area contributed by atoms with Gasteiger partial charge in [-0.2, -0.15) is 0 Å². The second-order valence-corrected chi connectivity index (χ2v) is 6.95. The molecule has 2 atom stereocenters. The molecule has 1 N–H and O–H groups in total. The number of ether oxygens (including phenoxy) is 2. The Morgan fingerprint density at radius 1 is 1.08 bits per heavy atom. The first-order valence-corrected chi connectivity index (χ1v) is 9.20. The summed E-state index contributed by atoms with van der Waals surface area (Å²) < 4.78 is 11.6. The van der Waals surface area contributed by atoms with Gasteiger partial charge in [-0.25, -0.2) is 0 Å². The minimum atomic E-state index is -0.143. The van der Waals surface area contributed by atoms with E-state index in [2.05, 4.69) is 34.5 Å². The van der Waals surface area contributed by atoms with Gasteiger partial charge in [0.25, 0.3) is 0 Å². The van der Waals surface area contributed by atoms with Crippen molar-refractivity contribution in [3.63, 3.8) is 0 Å². The Bertz CT molecular complexity index is 750. The summed E-state index contributed by atoms with van der Waals surface area (Å²) in [4.78, 5) is 14.8. The third-order valence-electron chi connectivity index (χ3n) is 4.96. The molecule has 2 aromatic rings. The van der Waals surface area contributed by atoms with Crippen molar-refractivity contribution in [2.75, 3.05) is 26.2 Å². The molecular weight excluding hydrogens is 328 g/mol. The number of hydrogen-bond donors (Lipinski definition) is 1. The van der Waals surface area contributed by atoms with E-state index in [-0.39, 0.29) is 17.9 Å². The van der Waals surface area contributed by atoms with Gasteiger partial charge in [0.15, 0.2) is 11.5 Å². The topological polar surface area (TPSA) is 50.8 Å². The summed E-state index contributed by atoms with van der Waals surface area (Å²) in [5.41, 5.74) is 1.29. The van der Waals surface area contributed by atoms with E-state index in [1.54, 1.807) is 0 Å². The summed E-state index contributed by atoms with van der Waals surface area (Å²) in [6, 6.07) is 18.0. The van der Waals surface area contributed by atoms with Crippen LogP contribution in [0.1, 0.15) is 12.0 Å². The standard InChI is InChI=1S/C21H24N2O3/c24-21(17-10-11-23(14-17)13-16-6-2-1-3-7-16)22-12-18-15-25-19-8-4-5-9-20(19)26-18/h1-9,17-18H,10-15H2,(H,22,24). The van der Waals surface area contributed by atoms with Gasteiger partial charge in [0.2, 0.25) is 5.91 Å². The molecule has 2 unspecified atom stereocenters. The molecule has 2 heterocycles. The van der Waals surface area contributed by atoms with Gasteiger partial charge in [0, 0.05) is 13.1 Å². The molecule has 0 spiro atoms. The minimum Gasteiger partial charge on any atom is -0.486 e. The fourth-order valence-electron chi connectivity index (χ4n) is 3.55. The van der Waals surface area contributed by atoms with E-state index in [1.807, 2.05) is 30.3 Å². The molecule has 0 saturated carbocycles. The van der Waals surface area contributed by atoms with Gasteiger partial charge in [-0.3, -0.25) is 9.69 Å². The summed E-state index contributed by atoms with van der Waals surface area (Å²) in [6.07, 6.45) is 0.763. The zero-order valence-electron chi connectivity index (χ0n) is 14.8. The highest BCUT2D eigenvalue weighted by atomic mass is 16.6. The highest BCUT2D eigenvalue weighted by Gasteiger charge is 2.29. The number of fused-ring (bicyclic) bond motifs is 1. The Morgan fingerprint density at radius 2 is 1.85 bits per heavy atom. The Labute approximate surface area is 153 Å². The van der Waals surface area contributed by atoms with Crippen molar-refractivity contribution in [2.45, 2.75) is 19.1 Å². The SMILES string of the molecule is O=C(NCC1COc2ccccc2O1)C1CCN(Cc2ccccc2)C1. The van der Waals surface area contributed by atoms with Crippen molar-refractivity contribution in [3.05, 3.63) is 60.2 Å². The van der Waals surface area contributed by atoms with Crippen LogP contribution in [-0.2, 0) is 11.3 Å². The molecule has 5 heteroatoms. The zero-order chi connectivity index (χ0) is 17.8. The second-order valence-electron chi connectivity index (χ2n) is 6.95. The van der Waals surface area contributed by atoms with Crippen molar-refractivity contribution in [2.24, 2.45) is 5.92 Å². The van der Waals surface area contributed by atoms with E-state index >= 15 is 0 Å². The van der Waals surface area contributed by atoms with Crippen molar-refractivity contribution in [1.29, 1.82) is 0 Å². The highest BCUT2D eigenvalue weighted by Crippen LogP contribution is 2.30. The van der Waals surface area contributed by atoms with Crippen LogP contribution >= 0.6 is 0 Å². The number of nitrogens with zero attached hydrogens (tertiary/aromatic N) is 1. The highest BCUT2D eigenvalue weighted by molar-refractivity contribution is 5.79. The average Bonchev–Trinajstić information content (AvgIpc) is 3.15. The lowest BCUT2D eigenvalue weighted by atomic mass is 10.1. The number of amides is 1. The Kier molecular flexibility index (Phi) is 5.07. The number of nitrogens with one attached hydrogen (secondary N) is 1. The molecule has 1 saturated heterocycles. The van der Waals surface area contributed by atoms with E-state index in [0.29, 0.717) is 13.2 Å². The van der Waals surface area contributed by atoms with Crippen LogP contribution in [0, 0.1) is 5.92 Å². The van der Waals surface area contributed by atoms with Gasteiger partial charge in [-0.05, 0) is 30.7 Å². The Hall–Kier alpha value is -2.53. The van der Waals surface area contributed by atoms with Crippen LogP contribution in [0.25, 0.3) is 0 Å². The molecule has 0 radical (unpaired) electrons. The third kappa shape index (κ3) is 3.99. The lowest BCUT2D eigenvalue weighted by Gasteiger charge is -2.27. The van der Waals surface area contributed by atoms with Crippen LogP contribution in [0.3, 0.4) is 0 Å². The first kappa shape index (κ1) is 16.9. The monoisotopic (exact) mass is 352 g/mol. The molecule has 0 aromatic heterocycles. The molecule has 0 bridgehead atoms. The smallest absolute Gasteiger partial charge is 0.224 e. The first-order chi connectivity index (χ1) is 12.8. The molecule has 2 aliphatic heterocycles. The first-order valence-electron chi connectivity index (χ1n) is 9.20. The summed E-state index contributed by atoms with van der Waals surface area (Å²) in [7, 11) is 0.